The van der Waals surface area contributed by atoms with Crippen molar-refractivity contribution in [1.82, 2.24) is 10.2 Å². The quantitative estimate of drug-likeness (QED) is 0.774. The van der Waals surface area contributed by atoms with Crippen LogP contribution in [0.1, 0.15) is 11.4 Å². The highest BCUT2D eigenvalue weighted by Gasteiger charge is 1.96. The highest BCUT2D eigenvalue weighted by molar-refractivity contribution is 5.42. The summed E-state index contributed by atoms with van der Waals surface area (Å²) in [6.45, 7) is 2.76. The summed E-state index contributed by atoms with van der Waals surface area (Å²) in [5, 5.41) is 10.3. The minimum atomic E-state index is 0.758. The highest BCUT2D eigenvalue weighted by Crippen LogP contribution is 2.07. The molecular formula is C11H13N3. The van der Waals surface area contributed by atoms with Crippen LogP contribution < -0.4 is 5.32 Å². The Kier molecular flexibility index (Phi) is 2.49. The molecule has 0 amide bonds. The Balaban J connectivity index is 1.95. The molecule has 0 fully saturated rings. The second-order valence-electron chi connectivity index (χ2n) is 3.26. The fourth-order valence-corrected chi connectivity index (χ4v) is 1.31. The third-order valence-electron chi connectivity index (χ3n) is 2.01. The van der Waals surface area contributed by atoms with Gasteiger partial charge in [-0.3, -0.25) is 5.10 Å². The van der Waals surface area contributed by atoms with Crippen molar-refractivity contribution in [2.24, 2.45) is 0 Å². The Bertz CT molecular complexity index is 392. The van der Waals surface area contributed by atoms with Crippen molar-refractivity contribution in [3.8, 4) is 0 Å². The van der Waals surface area contributed by atoms with Crippen LogP contribution in [0.4, 0.5) is 5.69 Å². The van der Waals surface area contributed by atoms with Gasteiger partial charge in [-0.05, 0) is 25.1 Å². The predicted octanol–water partition coefficient (Wildman–Crippen LogP) is 2.33. The molecule has 1 heterocycles. The Morgan fingerprint density at radius 1 is 1.29 bits per heavy atom. The van der Waals surface area contributed by atoms with Crippen LogP contribution in [0.2, 0.25) is 0 Å². The van der Waals surface area contributed by atoms with E-state index in [4.69, 9.17) is 0 Å². The number of hydrogen-bond donors (Lipinski definition) is 2. The zero-order valence-electron chi connectivity index (χ0n) is 8.12. The van der Waals surface area contributed by atoms with Crippen LogP contribution in [0.5, 0.6) is 0 Å². The minimum absolute atomic E-state index is 0.758. The van der Waals surface area contributed by atoms with Crippen LogP contribution in [0.15, 0.2) is 36.4 Å². The Morgan fingerprint density at radius 3 is 2.71 bits per heavy atom. The number of nitrogens with zero attached hydrogens (tertiary/aromatic N) is 1. The molecule has 2 N–H and O–H groups in total. The molecule has 0 bridgehead atoms. The molecule has 3 nitrogen and oxygen atoms in total. The normalized spacial score (nSPS) is 10.1. The molecule has 0 saturated carbocycles. The summed E-state index contributed by atoms with van der Waals surface area (Å²) < 4.78 is 0. The van der Waals surface area contributed by atoms with Gasteiger partial charge in [-0.2, -0.15) is 5.10 Å². The third kappa shape index (κ3) is 2.13. The maximum Gasteiger partial charge on any atom is 0.0815 e. The van der Waals surface area contributed by atoms with E-state index in [0.717, 1.165) is 23.6 Å². The van der Waals surface area contributed by atoms with Gasteiger partial charge in [0, 0.05) is 11.4 Å². The maximum atomic E-state index is 4.14. The summed E-state index contributed by atoms with van der Waals surface area (Å²) in [7, 11) is 0. The number of aromatic amines is 1. The molecule has 1 aromatic heterocycles. The van der Waals surface area contributed by atoms with Crippen LogP contribution in [0.25, 0.3) is 0 Å². The van der Waals surface area contributed by atoms with Crippen LogP contribution in [0.3, 0.4) is 0 Å². The van der Waals surface area contributed by atoms with Crippen molar-refractivity contribution in [2.45, 2.75) is 13.5 Å². The van der Waals surface area contributed by atoms with Gasteiger partial charge in [0.05, 0.1) is 12.2 Å². The monoisotopic (exact) mass is 187 g/mol. The topological polar surface area (TPSA) is 40.7 Å². The van der Waals surface area contributed by atoms with Crippen molar-refractivity contribution in [3.63, 3.8) is 0 Å². The fourth-order valence-electron chi connectivity index (χ4n) is 1.31. The Labute approximate surface area is 83.2 Å². The van der Waals surface area contributed by atoms with Crippen LogP contribution in [0, 0.1) is 6.92 Å². The van der Waals surface area contributed by atoms with Gasteiger partial charge < -0.3 is 5.32 Å². The molecule has 0 aliphatic carbocycles. The lowest BCUT2D eigenvalue weighted by Crippen LogP contribution is -1.99. The average Bonchev–Trinajstić information content (AvgIpc) is 2.63. The van der Waals surface area contributed by atoms with Gasteiger partial charge in [0.2, 0.25) is 0 Å². The van der Waals surface area contributed by atoms with Gasteiger partial charge in [0.1, 0.15) is 0 Å². The van der Waals surface area contributed by atoms with Gasteiger partial charge in [-0.1, -0.05) is 18.2 Å². The molecule has 0 radical (unpaired) electrons. The number of aryl methyl sites for hydroxylation is 1. The Morgan fingerprint density at radius 2 is 2.07 bits per heavy atom. The lowest BCUT2D eigenvalue weighted by Gasteiger charge is -2.02. The largest absolute Gasteiger partial charge is 0.379 e. The first-order valence-electron chi connectivity index (χ1n) is 4.64. The van der Waals surface area contributed by atoms with Gasteiger partial charge in [0.25, 0.3) is 0 Å². The van der Waals surface area contributed by atoms with E-state index in [2.05, 4.69) is 15.5 Å². The molecule has 1 aromatic carbocycles. The van der Waals surface area contributed by atoms with Crippen molar-refractivity contribution >= 4 is 5.69 Å². The second-order valence-corrected chi connectivity index (χ2v) is 3.26. The number of benzene rings is 1. The molecule has 14 heavy (non-hydrogen) atoms. The van der Waals surface area contributed by atoms with Crippen LogP contribution >= 0.6 is 0 Å². The zero-order chi connectivity index (χ0) is 9.80. The first-order valence-corrected chi connectivity index (χ1v) is 4.64. The molecule has 2 aromatic rings. The maximum absolute atomic E-state index is 4.14. The van der Waals surface area contributed by atoms with E-state index in [-0.39, 0.29) is 0 Å². The molecule has 0 spiro atoms. The summed E-state index contributed by atoms with van der Waals surface area (Å²) in [5.41, 5.74) is 3.24. The SMILES string of the molecule is Cc1cc(CNc2ccccc2)n[nH]1. The summed E-state index contributed by atoms with van der Waals surface area (Å²) in [4.78, 5) is 0. The van der Waals surface area contributed by atoms with Gasteiger partial charge in [-0.15, -0.1) is 0 Å². The van der Waals surface area contributed by atoms with E-state index in [1.165, 1.54) is 0 Å². The van der Waals surface area contributed by atoms with Crippen LogP contribution in [-0.4, -0.2) is 10.2 Å². The van der Waals surface area contributed by atoms with Crippen LogP contribution in [-0.2, 0) is 6.54 Å². The van der Waals surface area contributed by atoms with E-state index < -0.39 is 0 Å². The molecule has 0 saturated heterocycles. The number of rotatable bonds is 3. The van der Waals surface area contributed by atoms with Crippen molar-refractivity contribution in [1.29, 1.82) is 0 Å². The number of anilines is 1. The van der Waals surface area contributed by atoms with E-state index in [1.807, 2.05) is 43.3 Å². The van der Waals surface area contributed by atoms with E-state index >= 15 is 0 Å². The number of hydrogen-bond acceptors (Lipinski definition) is 2. The van der Waals surface area contributed by atoms with Gasteiger partial charge >= 0.3 is 0 Å². The van der Waals surface area contributed by atoms with Gasteiger partial charge in [0.15, 0.2) is 0 Å². The lowest BCUT2D eigenvalue weighted by atomic mass is 10.3. The van der Waals surface area contributed by atoms with E-state index in [1.54, 1.807) is 0 Å². The Hall–Kier alpha value is -1.77. The third-order valence-corrected chi connectivity index (χ3v) is 2.01. The number of para-hydroxylation sites is 1. The highest BCUT2D eigenvalue weighted by atomic mass is 15.1. The minimum Gasteiger partial charge on any atom is -0.379 e. The standard InChI is InChI=1S/C11H13N3/c1-9-7-11(14-13-9)8-12-10-5-3-2-4-6-10/h2-7,12H,8H2,1H3,(H,13,14). The summed E-state index contributed by atoms with van der Waals surface area (Å²) in [6.07, 6.45) is 0. The first-order chi connectivity index (χ1) is 6.84. The number of H-pyrrole nitrogens is 1. The molecule has 72 valence electrons. The van der Waals surface area contributed by atoms with Crippen molar-refractivity contribution < 1.29 is 0 Å². The summed E-state index contributed by atoms with van der Waals surface area (Å²) in [6, 6.07) is 12.1. The molecule has 0 aliphatic rings. The van der Waals surface area contributed by atoms with Gasteiger partial charge in [-0.25, -0.2) is 0 Å². The van der Waals surface area contributed by atoms with Crippen molar-refractivity contribution in [2.75, 3.05) is 5.32 Å². The predicted molar refractivity (Wildman–Crippen MR) is 57.1 cm³/mol. The first kappa shape index (κ1) is 8.81. The smallest absolute Gasteiger partial charge is 0.0815 e. The molecule has 0 atom stereocenters. The number of nitrogens with one attached hydrogen (secondary N) is 2. The number of aromatic nitrogens is 2. The molecular weight excluding hydrogens is 174 g/mol. The fraction of sp³-hybridized carbons (Fsp3) is 0.182. The molecule has 2 rings (SSSR count). The van der Waals surface area contributed by atoms with E-state index in [0.29, 0.717) is 0 Å². The molecule has 0 unspecified atom stereocenters. The summed E-state index contributed by atoms with van der Waals surface area (Å²) >= 11 is 0. The lowest BCUT2D eigenvalue weighted by molar-refractivity contribution is 0.968. The molecule has 0 aliphatic heterocycles. The molecule has 3 heteroatoms. The summed E-state index contributed by atoms with van der Waals surface area (Å²) in [5.74, 6) is 0. The average molecular weight is 187 g/mol. The zero-order valence-corrected chi connectivity index (χ0v) is 8.12. The van der Waals surface area contributed by atoms with E-state index in [9.17, 15) is 0 Å². The second kappa shape index (κ2) is 3.96. The van der Waals surface area contributed by atoms with Crippen molar-refractivity contribution in [3.05, 3.63) is 47.8 Å².